The number of amides is 1. The van der Waals surface area contributed by atoms with Crippen molar-refractivity contribution in [2.24, 2.45) is 0 Å². The van der Waals surface area contributed by atoms with Crippen LogP contribution in [0.1, 0.15) is 15.9 Å². The molecule has 4 rings (SSSR count). The van der Waals surface area contributed by atoms with E-state index in [9.17, 15) is 9.59 Å². The predicted molar refractivity (Wildman–Crippen MR) is 108 cm³/mol. The second-order valence-electron chi connectivity index (χ2n) is 6.35. The summed E-state index contributed by atoms with van der Waals surface area (Å²) >= 11 is 0. The zero-order valence-corrected chi connectivity index (χ0v) is 15.1. The highest BCUT2D eigenvalue weighted by Crippen LogP contribution is 2.29. The van der Waals surface area contributed by atoms with Gasteiger partial charge in [-0.05, 0) is 49.4 Å². The molecule has 5 nitrogen and oxygen atoms in total. The third-order valence-corrected chi connectivity index (χ3v) is 4.24. The molecule has 4 aromatic rings. The van der Waals surface area contributed by atoms with E-state index in [2.05, 4.69) is 5.32 Å². The summed E-state index contributed by atoms with van der Waals surface area (Å²) in [7, 11) is 0. The maximum atomic E-state index is 12.7. The first kappa shape index (κ1) is 17.5. The summed E-state index contributed by atoms with van der Waals surface area (Å²) < 4.78 is 11.1. The number of fused-ring (bicyclic) bond motifs is 1. The minimum atomic E-state index is -0.685. The zero-order valence-electron chi connectivity index (χ0n) is 15.1. The predicted octanol–water partition coefficient (Wildman–Crippen LogP) is 5.15. The molecule has 0 atom stereocenters. The van der Waals surface area contributed by atoms with E-state index < -0.39 is 11.5 Å². The maximum absolute atomic E-state index is 12.7. The van der Waals surface area contributed by atoms with Crippen LogP contribution >= 0.6 is 0 Å². The van der Waals surface area contributed by atoms with Gasteiger partial charge < -0.3 is 14.5 Å². The number of nitrogens with one attached hydrogen (secondary N) is 1. The monoisotopic (exact) mass is 371 g/mol. The number of rotatable bonds is 4. The molecule has 1 amide bonds. The van der Waals surface area contributed by atoms with E-state index in [0.29, 0.717) is 28.2 Å². The van der Waals surface area contributed by atoms with Crippen molar-refractivity contribution in [1.29, 1.82) is 0 Å². The van der Waals surface area contributed by atoms with Crippen molar-refractivity contribution < 1.29 is 13.9 Å². The average molecular weight is 371 g/mol. The molecule has 3 aromatic carbocycles. The SMILES string of the molecule is Cc1ccc2oc(=O)c(C(=O)Nc3ccccc3Oc3ccccc3)cc2c1. The van der Waals surface area contributed by atoms with Crippen LogP contribution in [-0.4, -0.2) is 5.91 Å². The van der Waals surface area contributed by atoms with Crippen LogP contribution in [0.15, 0.2) is 88.1 Å². The second-order valence-corrected chi connectivity index (χ2v) is 6.35. The first-order valence-electron chi connectivity index (χ1n) is 8.78. The summed E-state index contributed by atoms with van der Waals surface area (Å²) in [5, 5.41) is 3.44. The van der Waals surface area contributed by atoms with Crippen molar-refractivity contribution in [3.63, 3.8) is 0 Å². The fraction of sp³-hybridized carbons (Fsp3) is 0.0435. The Bertz CT molecular complexity index is 1210. The standard InChI is InChI=1S/C23H17NO4/c1-15-11-12-20-16(13-15)14-18(23(26)28-20)22(25)24-19-9-5-6-10-21(19)27-17-7-3-2-4-8-17/h2-14H,1H3,(H,24,25). The van der Waals surface area contributed by atoms with E-state index in [1.807, 2.05) is 49.4 Å². The average Bonchev–Trinajstić information content (AvgIpc) is 2.70. The summed E-state index contributed by atoms with van der Waals surface area (Å²) in [6.07, 6.45) is 0. The number of carbonyl (C=O) groups is 1. The van der Waals surface area contributed by atoms with Gasteiger partial charge in [-0.15, -0.1) is 0 Å². The lowest BCUT2D eigenvalue weighted by atomic mass is 10.1. The number of benzene rings is 3. The highest BCUT2D eigenvalue weighted by atomic mass is 16.5. The molecule has 1 N–H and O–H groups in total. The van der Waals surface area contributed by atoms with Gasteiger partial charge in [-0.3, -0.25) is 4.79 Å². The Hall–Kier alpha value is -3.86. The number of aryl methyl sites for hydroxylation is 1. The Kier molecular flexibility index (Phi) is 4.64. The van der Waals surface area contributed by atoms with E-state index in [0.717, 1.165) is 5.56 Å². The smallest absolute Gasteiger partial charge is 0.349 e. The molecule has 138 valence electrons. The molecule has 1 heterocycles. The molecular formula is C23H17NO4. The molecule has 0 bridgehead atoms. The Morgan fingerprint density at radius 1 is 0.929 bits per heavy atom. The van der Waals surface area contributed by atoms with Crippen LogP contribution in [0, 0.1) is 6.92 Å². The van der Waals surface area contributed by atoms with E-state index >= 15 is 0 Å². The lowest BCUT2D eigenvalue weighted by Gasteiger charge is -2.12. The van der Waals surface area contributed by atoms with Crippen LogP contribution < -0.4 is 15.7 Å². The summed E-state index contributed by atoms with van der Waals surface area (Å²) in [5.41, 5.74) is 1.16. The molecule has 0 aliphatic rings. The van der Waals surface area contributed by atoms with Gasteiger partial charge in [0.1, 0.15) is 16.9 Å². The number of ether oxygens (including phenoxy) is 1. The molecule has 5 heteroatoms. The van der Waals surface area contributed by atoms with Crippen LogP contribution in [0.4, 0.5) is 5.69 Å². The topological polar surface area (TPSA) is 68.5 Å². The molecule has 0 aliphatic heterocycles. The van der Waals surface area contributed by atoms with Crippen molar-refractivity contribution >= 4 is 22.6 Å². The van der Waals surface area contributed by atoms with Gasteiger partial charge in [0.15, 0.2) is 5.75 Å². The van der Waals surface area contributed by atoms with Crippen molar-refractivity contribution in [3.8, 4) is 11.5 Å². The summed E-state index contributed by atoms with van der Waals surface area (Å²) in [4.78, 5) is 25.0. The van der Waals surface area contributed by atoms with E-state index in [-0.39, 0.29) is 5.56 Å². The molecule has 0 saturated carbocycles. The largest absolute Gasteiger partial charge is 0.455 e. The summed E-state index contributed by atoms with van der Waals surface area (Å²) in [6, 6.07) is 23.3. The molecule has 28 heavy (non-hydrogen) atoms. The van der Waals surface area contributed by atoms with E-state index in [4.69, 9.17) is 9.15 Å². The Labute approximate surface area is 161 Å². The van der Waals surface area contributed by atoms with Gasteiger partial charge in [0.25, 0.3) is 5.91 Å². The Morgan fingerprint density at radius 3 is 2.50 bits per heavy atom. The van der Waals surface area contributed by atoms with Crippen molar-refractivity contribution in [2.75, 3.05) is 5.32 Å². The van der Waals surface area contributed by atoms with Gasteiger partial charge in [-0.1, -0.05) is 42.0 Å². The summed E-state index contributed by atoms with van der Waals surface area (Å²) in [5.74, 6) is 0.564. The van der Waals surface area contributed by atoms with Gasteiger partial charge in [-0.2, -0.15) is 0 Å². The van der Waals surface area contributed by atoms with Crippen LogP contribution in [0.2, 0.25) is 0 Å². The molecule has 0 saturated heterocycles. The molecule has 1 aromatic heterocycles. The normalized spacial score (nSPS) is 10.6. The van der Waals surface area contributed by atoms with Crippen LogP contribution in [-0.2, 0) is 0 Å². The number of para-hydroxylation sites is 3. The Balaban J connectivity index is 1.65. The van der Waals surface area contributed by atoms with Gasteiger partial charge >= 0.3 is 5.63 Å². The maximum Gasteiger partial charge on any atom is 0.349 e. The van der Waals surface area contributed by atoms with Gasteiger partial charge in [0, 0.05) is 5.39 Å². The Morgan fingerprint density at radius 2 is 1.68 bits per heavy atom. The van der Waals surface area contributed by atoms with Crippen LogP contribution in [0.25, 0.3) is 11.0 Å². The van der Waals surface area contributed by atoms with E-state index in [1.54, 1.807) is 36.4 Å². The highest BCUT2D eigenvalue weighted by molar-refractivity contribution is 6.06. The van der Waals surface area contributed by atoms with Gasteiger partial charge in [-0.25, -0.2) is 4.79 Å². The van der Waals surface area contributed by atoms with Crippen molar-refractivity contribution in [1.82, 2.24) is 0 Å². The fourth-order valence-electron chi connectivity index (χ4n) is 2.87. The highest BCUT2D eigenvalue weighted by Gasteiger charge is 2.16. The molecule has 0 aliphatic carbocycles. The first-order valence-corrected chi connectivity index (χ1v) is 8.78. The van der Waals surface area contributed by atoms with Gasteiger partial charge in [0.05, 0.1) is 5.69 Å². The lowest BCUT2D eigenvalue weighted by Crippen LogP contribution is -2.20. The summed E-state index contributed by atoms with van der Waals surface area (Å²) in [6.45, 7) is 1.93. The van der Waals surface area contributed by atoms with Crippen LogP contribution in [0.5, 0.6) is 11.5 Å². The fourth-order valence-corrected chi connectivity index (χ4v) is 2.87. The minimum absolute atomic E-state index is 0.0624. The molecule has 0 unspecified atom stereocenters. The van der Waals surface area contributed by atoms with Crippen LogP contribution in [0.3, 0.4) is 0 Å². The van der Waals surface area contributed by atoms with Gasteiger partial charge in [0.2, 0.25) is 0 Å². The number of hydrogen-bond donors (Lipinski definition) is 1. The second kappa shape index (κ2) is 7.40. The number of anilines is 1. The third kappa shape index (κ3) is 3.64. The molecular weight excluding hydrogens is 354 g/mol. The molecule has 0 fully saturated rings. The first-order chi connectivity index (χ1) is 13.6. The molecule has 0 radical (unpaired) electrons. The number of carbonyl (C=O) groups excluding carboxylic acids is 1. The van der Waals surface area contributed by atoms with E-state index in [1.165, 1.54) is 0 Å². The number of hydrogen-bond acceptors (Lipinski definition) is 4. The third-order valence-electron chi connectivity index (χ3n) is 4.24. The van der Waals surface area contributed by atoms with Crippen molar-refractivity contribution in [2.45, 2.75) is 6.92 Å². The molecule has 0 spiro atoms. The van der Waals surface area contributed by atoms with Crippen molar-refractivity contribution in [3.05, 3.63) is 100 Å². The minimum Gasteiger partial charge on any atom is -0.455 e. The quantitative estimate of drug-likeness (QED) is 0.504. The lowest BCUT2D eigenvalue weighted by molar-refractivity contribution is 0.102. The zero-order chi connectivity index (χ0) is 19.5.